The molecule has 2 aromatic heterocycles. The Kier molecular flexibility index (Phi) is 3.49. The fraction of sp³-hybridized carbons (Fsp3) is 0.200. The Hall–Kier alpha value is -1.66. The smallest absolute Gasteiger partial charge is 0.268 e. The van der Waals surface area contributed by atoms with Crippen molar-refractivity contribution in [3.05, 3.63) is 33.7 Å². The molecule has 0 aliphatic rings. The molecular weight excluding hydrogens is 277 g/mol. The van der Waals surface area contributed by atoms with Gasteiger partial charge >= 0.3 is 0 Å². The van der Waals surface area contributed by atoms with E-state index in [2.05, 4.69) is 15.4 Å². The Morgan fingerprint density at radius 2 is 2.33 bits per heavy atom. The molecule has 0 aliphatic carbocycles. The summed E-state index contributed by atoms with van der Waals surface area (Å²) in [5, 5.41) is 7.21. The van der Waals surface area contributed by atoms with E-state index in [1.54, 1.807) is 13.2 Å². The SMILES string of the molecule is Cn1ncc(CNC(=O)c2cc(Cl)c(Cl)[nH]2)c1N. The first-order valence-corrected chi connectivity index (χ1v) is 5.83. The Morgan fingerprint density at radius 1 is 1.61 bits per heavy atom. The maximum atomic E-state index is 11.8. The summed E-state index contributed by atoms with van der Waals surface area (Å²) in [6, 6.07) is 1.46. The van der Waals surface area contributed by atoms with E-state index in [1.807, 2.05) is 0 Å². The number of aryl methyl sites for hydroxylation is 1. The average Bonchev–Trinajstić information content (AvgIpc) is 2.83. The predicted molar refractivity (Wildman–Crippen MR) is 69.6 cm³/mol. The van der Waals surface area contributed by atoms with Crippen LogP contribution < -0.4 is 11.1 Å². The first-order valence-electron chi connectivity index (χ1n) is 5.07. The van der Waals surface area contributed by atoms with Crippen LogP contribution in [0.3, 0.4) is 0 Å². The van der Waals surface area contributed by atoms with Crippen LogP contribution in [0.5, 0.6) is 0 Å². The van der Waals surface area contributed by atoms with Gasteiger partial charge in [-0.1, -0.05) is 23.2 Å². The number of nitrogen functional groups attached to an aromatic ring is 1. The minimum atomic E-state index is -0.313. The molecule has 2 rings (SSSR count). The zero-order chi connectivity index (χ0) is 13.3. The van der Waals surface area contributed by atoms with Crippen molar-refractivity contribution in [2.75, 3.05) is 5.73 Å². The molecule has 8 heteroatoms. The standard InChI is InChI=1S/C10H11Cl2N5O/c1-17-9(13)5(4-15-17)3-14-10(18)7-2-6(11)8(12)16-7/h2,4,16H,3,13H2,1H3,(H,14,18). The van der Waals surface area contributed by atoms with E-state index in [9.17, 15) is 4.79 Å². The number of hydrogen-bond acceptors (Lipinski definition) is 3. The number of anilines is 1. The minimum absolute atomic E-state index is 0.239. The van der Waals surface area contributed by atoms with Crippen LogP contribution >= 0.6 is 23.2 Å². The van der Waals surface area contributed by atoms with Crippen molar-refractivity contribution in [1.29, 1.82) is 0 Å². The maximum absolute atomic E-state index is 11.8. The second-order valence-electron chi connectivity index (χ2n) is 3.71. The number of nitrogens with one attached hydrogen (secondary N) is 2. The topological polar surface area (TPSA) is 88.7 Å². The summed E-state index contributed by atoms with van der Waals surface area (Å²) in [7, 11) is 1.73. The fourth-order valence-corrected chi connectivity index (χ4v) is 1.74. The zero-order valence-corrected chi connectivity index (χ0v) is 11.0. The van der Waals surface area contributed by atoms with Crippen molar-refractivity contribution in [1.82, 2.24) is 20.1 Å². The number of rotatable bonds is 3. The van der Waals surface area contributed by atoms with Crippen LogP contribution in [0.4, 0.5) is 5.82 Å². The van der Waals surface area contributed by atoms with Gasteiger partial charge < -0.3 is 16.0 Å². The third kappa shape index (κ3) is 2.44. The third-order valence-electron chi connectivity index (χ3n) is 2.47. The predicted octanol–water partition coefficient (Wildman–Crippen LogP) is 1.57. The van der Waals surface area contributed by atoms with E-state index in [1.165, 1.54) is 10.7 Å². The van der Waals surface area contributed by atoms with Crippen LogP contribution in [0.2, 0.25) is 10.2 Å². The normalized spacial score (nSPS) is 10.6. The van der Waals surface area contributed by atoms with Gasteiger partial charge in [0.1, 0.15) is 16.7 Å². The van der Waals surface area contributed by atoms with Crippen LogP contribution in [0.1, 0.15) is 16.1 Å². The molecule has 0 unspecified atom stereocenters. The second kappa shape index (κ2) is 4.91. The molecule has 2 aromatic rings. The average molecular weight is 288 g/mol. The molecule has 96 valence electrons. The van der Waals surface area contributed by atoms with Gasteiger partial charge in [-0.2, -0.15) is 5.10 Å². The fourth-order valence-electron chi connectivity index (χ4n) is 1.43. The molecule has 4 N–H and O–H groups in total. The lowest BCUT2D eigenvalue weighted by Crippen LogP contribution is -2.23. The second-order valence-corrected chi connectivity index (χ2v) is 4.49. The number of nitrogens with zero attached hydrogens (tertiary/aromatic N) is 2. The van der Waals surface area contributed by atoms with E-state index in [0.29, 0.717) is 16.5 Å². The summed E-state index contributed by atoms with van der Waals surface area (Å²) in [5.41, 5.74) is 6.80. The quantitative estimate of drug-likeness (QED) is 0.801. The molecule has 0 bridgehead atoms. The molecule has 6 nitrogen and oxygen atoms in total. The summed E-state index contributed by atoms with van der Waals surface area (Å²) in [4.78, 5) is 14.4. The van der Waals surface area contributed by atoms with E-state index in [-0.39, 0.29) is 17.6 Å². The number of carbonyl (C=O) groups excluding carboxylic acids is 1. The zero-order valence-electron chi connectivity index (χ0n) is 9.50. The number of amides is 1. The van der Waals surface area contributed by atoms with Crippen molar-refractivity contribution in [3.63, 3.8) is 0 Å². The molecule has 0 radical (unpaired) electrons. The maximum Gasteiger partial charge on any atom is 0.268 e. The minimum Gasteiger partial charge on any atom is -0.384 e. The van der Waals surface area contributed by atoms with Gasteiger partial charge in [-0.25, -0.2) is 0 Å². The lowest BCUT2D eigenvalue weighted by molar-refractivity contribution is 0.0946. The summed E-state index contributed by atoms with van der Waals surface area (Å²) < 4.78 is 1.53. The van der Waals surface area contributed by atoms with E-state index in [4.69, 9.17) is 28.9 Å². The van der Waals surface area contributed by atoms with Crippen molar-refractivity contribution in [2.24, 2.45) is 7.05 Å². The van der Waals surface area contributed by atoms with Crippen LogP contribution in [-0.4, -0.2) is 20.7 Å². The lowest BCUT2D eigenvalue weighted by Gasteiger charge is -2.03. The van der Waals surface area contributed by atoms with Crippen LogP contribution in [-0.2, 0) is 13.6 Å². The molecule has 0 saturated carbocycles. The largest absolute Gasteiger partial charge is 0.384 e. The summed E-state index contributed by atoms with van der Waals surface area (Å²) in [6.45, 7) is 0.284. The molecule has 2 heterocycles. The summed E-state index contributed by atoms with van der Waals surface area (Å²) in [6.07, 6.45) is 1.60. The molecular formula is C10H11Cl2N5O. The highest BCUT2D eigenvalue weighted by Crippen LogP contribution is 2.21. The number of carbonyl (C=O) groups is 1. The lowest BCUT2D eigenvalue weighted by atomic mass is 10.3. The number of aromatic amines is 1. The van der Waals surface area contributed by atoms with Gasteiger partial charge in [-0.3, -0.25) is 9.48 Å². The Labute approximate surface area is 113 Å². The first kappa shape index (κ1) is 12.8. The monoisotopic (exact) mass is 287 g/mol. The first-order chi connectivity index (χ1) is 8.49. The van der Waals surface area contributed by atoms with Crippen LogP contribution in [0.25, 0.3) is 0 Å². The van der Waals surface area contributed by atoms with Crippen LogP contribution in [0.15, 0.2) is 12.3 Å². The molecule has 0 saturated heterocycles. The van der Waals surface area contributed by atoms with Crippen molar-refractivity contribution >= 4 is 34.9 Å². The molecule has 0 atom stereocenters. The number of H-pyrrole nitrogens is 1. The van der Waals surface area contributed by atoms with E-state index >= 15 is 0 Å². The van der Waals surface area contributed by atoms with Gasteiger partial charge in [0, 0.05) is 19.2 Å². The molecule has 0 aromatic carbocycles. The van der Waals surface area contributed by atoms with Gasteiger partial charge in [0.05, 0.1) is 11.2 Å². The van der Waals surface area contributed by atoms with Gasteiger partial charge in [0.15, 0.2) is 0 Å². The molecule has 0 aliphatic heterocycles. The number of aromatic nitrogens is 3. The van der Waals surface area contributed by atoms with Crippen molar-refractivity contribution in [3.8, 4) is 0 Å². The Morgan fingerprint density at radius 3 is 2.83 bits per heavy atom. The highest BCUT2D eigenvalue weighted by atomic mass is 35.5. The number of hydrogen-bond donors (Lipinski definition) is 3. The highest BCUT2D eigenvalue weighted by molar-refractivity contribution is 6.41. The summed E-state index contributed by atoms with van der Waals surface area (Å²) >= 11 is 11.5. The molecule has 1 amide bonds. The molecule has 0 fully saturated rings. The van der Waals surface area contributed by atoms with Gasteiger partial charge in [0.2, 0.25) is 0 Å². The molecule has 0 spiro atoms. The Balaban J connectivity index is 2.02. The Bertz CT molecular complexity index is 570. The number of halogens is 2. The van der Waals surface area contributed by atoms with E-state index < -0.39 is 0 Å². The number of nitrogens with two attached hydrogens (primary N) is 1. The van der Waals surface area contributed by atoms with Crippen molar-refractivity contribution < 1.29 is 4.79 Å². The van der Waals surface area contributed by atoms with Crippen molar-refractivity contribution in [2.45, 2.75) is 6.54 Å². The van der Waals surface area contributed by atoms with Crippen LogP contribution in [0, 0.1) is 0 Å². The summed E-state index contributed by atoms with van der Waals surface area (Å²) in [5.74, 6) is 0.199. The third-order valence-corrected chi connectivity index (χ3v) is 3.17. The highest BCUT2D eigenvalue weighted by Gasteiger charge is 2.12. The molecule has 18 heavy (non-hydrogen) atoms. The van der Waals surface area contributed by atoms with Gasteiger partial charge in [-0.15, -0.1) is 0 Å². The van der Waals surface area contributed by atoms with E-state index in [0.717, 1.165) is 5.56 Å². The van der Waals surface area contributed by atoms with Gasteiger partial charge in [-0.05, 0) is 6.07 Å². The van der Waals surface area contributed by atoms with Gasteiger partial charge in [0.25, 0.3) is 5.91 Å².